The van der Waals surface area contributed by atoms with Crippen molar-refractivity contribution in [2.75, 3.05) is 47.6 Å². The van der Waals surface area contributed by atoms with Crippen molar-refractivity contribution in [2.24, 2.45) is 22.9 Å². The van der Waals surface area contributed by atoms with Crippen LogP contribution in [0.5, 0.6) is 23.0 Å². The summed E-state index contributed by atoms with van der Waals surface area (Å²) in [4.78, 5) is 152. The van der Waals surface area contributed by atoms with Crippen LogP contribution >= 0.6 is 0 Å². The van der Waals surface area contributed by atoms with Crippen molar-refractivity contribution in [2.45, 2.75) is 102 Å². The molecular formula is C68H82N14O16. The molecular weight excluding hydrogens is 1270 g/mol. The second-order valence-electron chi connectivity index (χ2n) is 22.9. The second kappa shape index (κ2) is 36.7. The number of guanidine groups is 2. The number of ketones is 4. The lowest BCUT2D eigenvalue weighted by atomic mass is 9.96. The molecule has 4 atom stereocenters. The molecule has 19 N–H and O–H groups in total. The average molecular weight is 1350 g/mol. The summed E-state index contributed by atoms with van der Waals surface area (Å²) >= 11 is 0. The first kappa shape index (κ1) is 75.2. The van der Waals surface area contributed by atoms with Gasteiger partial charge in [0.1, 0.15) is 34.8 Å². The van der Waals surface area contributed by atoms with Gasteiger partial charge in [-0.2, -0.15) is 0 Å². The summed E-state index contributed by atoms with van der Waals surface area (Å²) in [6.07, 6.45) is 1.13. The Labute approximate surface area is 563 Å². The van der Waals surface area contributed by atoms with E-state index >= 15 is 0 Å². The van der Waals surface area contributed by atoms with Crippen LogP contribution in [0.2, 0.25) is 0 Å². The number of fused-ring (bicyclic) bond motifs is 1. The third-order valence-electron chi connectivity index (χ3n) is 15.5. The van der Waals surface area contributed by atoms with E-state index in [1.165, 1.54) is 88.9 Å². The van der Waals surface area contributed by atoms with E-state index in [1.54, 1.807) is 18.3 Å². The molecule has 0 saturated carbocycles. The summed E-state index contributed by atoms with van der Waals surface area (Å²) in [7, 11) is 4.00. The number of para-hydroxylation sites is 1. The maximum atomic E-state index is 14.6. The predicted molar refractivity (Wildman–Crippen MR) is 360 cm³/mol. The monoisotopic (exact) mass is 1350 g/mol. The van der Waals surface area contributed by atoms with E-state index in [1.807, 2.05) is 24.3 Å². The zero-order chi connectivity index (χ0) is 71.6. The van der Waals surface area contributed by atoms with E-state index in [9.17, 15) is 57.8 Å². The van der Waals surface area contributed by atoms with E-state index in [-0.39, 0.29) is 152 Å². The van der Waals surface area contributed by atoms with Gasteiger partial charge in [-0.15, -0.1) is 0 Å². The molecule has 0 fully saturated rings. The number of urea groups is 1. The van der Waals surface area contributed by atoms with Gasteiger partial charge >= 0.3 is 12.0 Å². The number of ether oxygens (including phenoxy) is 4. The minimum atomic E-state index is -1.40. The summed E-state index contributed by atoms with van der Waals surface area (Å²) < 4.78 is 22.0. The van der Waals surface area contributed by atoms with Crippen molar-refractivity contribution in [1.82, 2.24) is 42.2 Å². The van der Waals surface area contributed by atoms with Crippen LogP contribution < -0.4 is 79.1 Å². The number of aromatic amines is 1. The fourth-order valence-corrected chi connectivity index (χ4v) is 10.7. The summed E-state index contributed by atoms with van der Waals surface area (Å²) in [6, 6.07) is 19.0. The van der Waals surface area contributed by atoms with Crippen LogP contribution in [0.4, 0.5) is 4.79 Å². The van der Waals surface area contributed by atoms with Crippen molar-refractivity contribution in [1.29, 1.82) is 10.8 Å². The normalized spacial score (nSPS) is 12.0. The Kier molecular flexibility index (Phi) is 28.2. The number of hydrogen-bond donors (Lipinski definition) is 15. The molecule has 0 aliphatic rings. The Hall–Kier alpha value is -11.9. The number of carbonyl (C=O) groups is 11. The summed E-state index contributed by atoms with van der Waals surface area (Å²) in [5.41, 5.74) is 24.6. The topological polar surface area (TPSA) is 497 Å². The van der Waals surface area contributed by atoms with Crippen LogP contribution in [0.25, 0.3) is 10.9 Å². The van der Waals surface area contributed by atoms with Gasteiger partial charge in [0.25, 0.3) is 23.6 Å². The third kappa shape index (κ3) is 22.7. The molecule has 520 valence electrons. The molecule has 0 spiro atoms. The molecule has 30 heteroatoms. The van der Waals surface area contributed by atoms with Crippen molar-refractivity contribution < 1.29 is 76.8 Å². The van der Waals surface area contributed by atoms with Crippen LogP contribution in [0.15, 0.2) is 103 Å². The molecule has 0 bridgehead atoms. The van der Waals surface area contributed by atoms with Gasteiger partial charge in [0.15, 0.2) is 35.9 Å². The van der Waals surface area contributed by atoms with Crippen molar-refractivity contribution in [3.05, 3.63) is 153 Å². The van der Waals surface area contributed by atoms with Gasteiger partial charge in [0.2, 0.25) is 5.91 Å². The molecule has 6 aromatic rings. The standard InChI is InChI=1S/C68H82N14O16/c1-37(83)26-38-15-19-56(95-2)44(27-38)62(90)79-49(12-7-23-75-66(70)71)53(84)31-39-16-20-57(96-3)45(28-39)63(91)80-50(13-8-24-76-67(72)73)55(86)33-41-18-22-59(98-36-60(87)88)47(30-41)65(93)81-51(14-9-25-77-68(74)94)54(85)32-40-17-21-58(97-4)46(29-40)64(92)82-52(61(69)89)34-42-35-78-48-11-6-5-10-43(42)48/h5-6,10-11,15-22,27-30,35,49-52,78H,7-9,12-14,23-26,31-34,36H2,1-4H3,(H2,69,89)(H,79,90)(H,80,91)(H,81,93)(H,82,92)(H,87,88)(H4,70,71,75)(H4,72,73,76)(H3,74,77,94)/t49-,50-,51-,52-/m1/s1. The first-order chi connectivity index (χ1) is 46.8. The summed E-state index contributed by atoms with van der Waals surface area (Å²) in [5, 5.41) is 44.3. The number of primary amides is 2. The first-order valence-corrected chi connectivity index (χ1v) is 31.1. The molecule has 1 aromatic heterocycles. The van der Waals surface area contributed by atoms with Crippen molar-refractivity contribution in [3.8, 4) is 23.0 Å². The SMILES string of the molecule is COc1ccc(CC(=O)[C@@H](CCCNC(N)=O)NC(=O)c2cc(CC(=O)[C@@H](CCCNC(=N)N)NC(=O)c3cc(CC(=O)[C@@H](CCCNC(=N)N)NC(=O)c4cc(CC(C)=O)ccc4OC)ccc3OC)ccc2OCC(=O)O)cc1C(=O)N[C@H](Cc1c[nH]c2ccccc12)C(N)=O. The Morgan fingerprint density at radius 1 is 0.490 bits per heavy atom. The van der Waals surface area contributed by atoms with Crippen LogP contribution in [0.1, 0.15) is 115 Å². The maximum absolute atomic E-state index is 14.6. The number of aliphatic carboxylic acids is 1. The second-order valence-corrected chi connectivity index (χ2v) is 22.9. The number of Topliss-reactive ketones (excluding diaryl/α,β-unsaturated/α-hetero) is 4. The highest BCUT2D eigenvalue weighted by atomic mass is 16.5. The highest BCUT2D eigenvalue weighted by molar-refractivity contribution is 6.04. The van der Waals surface area contributed by atoms with Gasteiger partial charge in [-0.3, -0.25) is 54.0 Å². The number of aromatic nitrogens is 1. The highest BCUT2D eigenvalue weighted by Crippen LogP contribution is 2.28. The van der Waals surface area contributed by atoms with Crippen LogP contribution in [-0.2, 0) is 60.9 Å². The van der Waals surface area contributed by atoms with Crippen molar-refractivity contribution in [3.63, 3.8) is 0 Å². The molecule has 98 heavy (non-hydrogen) atoms. The van der Waals surface area contributed by atoms with E-state index in [2.05, 4.69) is 42.2 Å². The maximum Gasteiger partial charge on any atom is 0.341 e. The summed E-state index contributed by atoms with van der Waals surface area (Å²) in [6.45, 7) is 0.768. The van der Waals surface area contributed by atoms with Crippen LogP contribution in [0.3, 0.4) is 0 Å². The number of carbonyl (C=O) groups excluding carboxylic acids is 10. The van der Waals surface area contributed by atoms with Gasteiger partial charge in [-0.25, -0.2) is 9.59 Å². The molecule has 30 nitrogen and oxygen atoms in total. The third-order valence-corrected chi connectivity index (χ3v) is 15.5. The molecule has 0 aliphatic carbocycles. The fraction of sp³-hybridized carbons (Fsp3) is 0.338. The number of H-pyrrole nitrogens is 1. The van der Waals surface area contributed by atoms with Crippen molar-refractivity contribution >= 4 is 87.5 Å². The molecule has 5 aromatic carbocycles. The first-order valence-electron chi connectivity index (χ1n) is 31.1. The lowest BCUT2D eigenvalue weighted by molar-refractivity contribution is -0.139. The number of methoxy groups -OCH3 is 3. The minimum Gasteiger partial charge on any atom is -0.496 e. The lowest BCUT2D eigenvalue weighted by Gasteiger charge is -2.21. The Balaban J connectivity index is 1.24. The fourth-order valence-electron chi connectivity index (χ4n) is 10.7. The van der Waals surface area contributed by atoms with Gasteiger partial charge in [-0.1, -0.05) is 42.5 Å². The minimum absolute atomic E-state index is 0.0183. The molecule has 0 unspecified atom stereocenters. The smallest absolute Gasteiger partial charge is 0.341 e. The van der Waals surface area contributed by atoms with Gasteiger partial charge in [0.05, 0.1) is 61.7 Å². The quantitative estimate of drug-likeness (QED) is 0.0149. The van der Waals surface area contributed by atoms with Gasteiger partial charge in [0, 0.05) is 68.8 Å². The molecule has 1 heterocycles. The number of amides is 7. The van der Waals surface area contributed by atoms with E-state index in [4.69, 9.17) is 52.7 Å². The van der Waals surface area contributed by atoms with E-state index < -0.39 is 103 Å². The van der Waals surface area contributed by atoms with Crippen LogP contribution in [-0.4, -0.2) is 158 Å². The number of carboxylic acids is 1. The molecule has 6 rings (SSSR count). The number of benzene rings is 5. The molecule has 7 amide bonds. The Morgan fingerprint density at radius 3 is 1.22 bits per heavy atom. The van der Waals surface area contributed by atoms with Gasteiger partial charge in [-0.05, 0) is 128 Å². The van der Waals surface area contributed by atoms with Gasteiger partial charge < -0.3 is 89.2 Å². The summed E-state index contributed by atoms with van der Waals surface area (Å²) in [5.74, 6) is -7.78. The number of rotatable bonds is 40. The predicted octanol–water partition coefficient (Wildman–Crippen LogP) is 2.32. The number of hydrogen-bond acceptors (Lipinski definition) is 17. The average Bonchev–Trinajstić information content (AvgIpc) is 1.87. The largest absolute Gasteiger partial charge is 0.496 e. The zero-order valence-corrected chi connectivity index (χ0v) is 54.6. The molecule has 0 saturated heterocycles. The molecule has 0 radical (unpaired) electrons. The zero-order valence-electron chi connectivity index (χ0n) is 54.6. The van der Waals surface area contributed by atoms with Crippen LogP contribution in [0, 0.1) is 10.8 Å². The molecule has 0 aliphatic heterocycles. The number of nitrogens with two attached hydrogens (primary N) is 4. The highest BCUT2D eigenvalue weighted by Gasteiger charge is 2.30. The van der Waals surface area contributed by atoms with E-state index in [0.717, 1.165) is 10.9 Å². The lowest BCUT2D eigenvalue weighted by Crippen LogP contribution is -2.46. The number of nitrogens with one attached hydrogen (secondary N) is 10. The Bertz CT molecular complexity index is 3960. The Morgan fingerprint density at radius 2 is 0.857 bits per heavy atom. The number of carboxylic acid groups (broad SMARTS) is 1. The van der Waals surface area contributed by atoms with E-state index in [0.29, 0.717) is 16.7 Å².